The van der Waals surface area contributed by atoms with Gasteiger partial charge in [-0.15, -0.1) is 31.4 Å². The highest BCUT2D eigenvalue weighted by molar-refractivity contribution is 8.00. The predicted octanol–water partition coefficient (Wildman–Crippen LogP) is 2.03. The van der Waals surface area contributed by atoms with E-state index in [4.69, 9.17) is 11.2 Å². The summed E-state index contributed by atoms with van der Waals surface area (Å²) < 4.78 is 47.0. The van der Waals surface area contributed by atoms with Gasteiger partial charge in [-0.2, -0.15) is 0 Å². The predicted molar refractivity (Wildman–Crippen MR) is 113 cm³/mol. The van der Waals surface area contributed by atoms with Crippen LogP contribution in [0.1, 0.15) is 27.8 Å². The standard InChI is InChI=1S/C23H21F3O6S/c1-2-13-8-15-11-31-22(21(30)20(29)19(28)18(10-27)33-22)17(15)9-14(13)7-12-3-5-16(6-4-12)32-23(24,25)26/h1,3-6,8-9,18-21,27-30H,7,10-11H2/t18-,19-,20+,21-,22+/m1/s1. The highest BCUT2D eigenvalue weighted by Crippen LogP contribution is 2.54. The Balaban J connectivity index is 1.68. The van der Waals surface area contributed by atoms with Crippen LogP contribution in [-0.4, -0.2) is 57.0 Å². The molecule has 5 atom stereocenters. The molecule has 6 nitrogen and oxygen atoms in total. The van der Waals surface area contributed by atoms with E-state index in [9.17, 15) is 33.6 Å². The van der Waals surface area contributed by atoms with Gasteiger partial charge in [0.2, 0.25) is 0 Å². The molecule has 1 saturated heterocycles. The van der Waals surface area contributed by atoms with Crippen molar-refractivity contribution in [2.75, 3.05) is 6.61 Å². The first-order valence-electron chi connectivity index (χ1n) is 10.0. The molecule has 4 N–H and O–H groups in total. The summed E-state index contributed by atoms with van der Waals surface area (Å²) in [6.07, 6.45) is -3.16. The molecular weight excluding hydrogens is 461 g/mol. The number of halogens is 3. The van der Waals surface area contributed by atoms with Crippen molar-refractivity contribution in [2.24, 2.45) is 0 Å². The molecule has 1 spiro atoms. The first-order valence-corrected chi connectivity index (χ1v) is 10.9. The van der Waals surface area contributed by atoms with Crippen LogP contribution < -0.4 is 4.74 Å². The smallest absolute Gasteiger partial charge is 0.406 e. The van der Waals surface area contributed by atoms with Crippen LogP contribution >= 0.6 is 11.8 Å². The number of alkyl halides is 3. The van der Waals surface area contributed by atoms with E-state index in [1.54, 1.807) is 12.1 Å². The number of hydrogen-bond donors (Lipinski definition) is 4. The van der Waals surface area contributed by atoms with Crippen LogP contribution in [0.4, 0.5) is 13.2 Å². The third-order valence-corrected chi connectivity index (χ3v) is 7.46. The minimum atomic E-state index is -4.78. The van der Waals surface area contributed by atoms with E-state index in [2.05, 4.69) is 10.7 Å². The maximum absolute atomic E-state index is 12.4. The number of thioether (sulfide) groups is 1. The number of terminal acetylenes is 1. The van der Waals surface area contributed by atoms with Crippen LogP contribution in [0.3, 0.4) is 0 Å². The summed E-state index contributed by atoms with van der Waals surface area (Å²) in [5, 5.41) is 40.2. The van der Waals surface area contributed by atoms with Crippen molar-refractivity contribution in [1.29, 1.82) is 0 Å². The Morgan fingerprint density at radius 1 is 1.15 bits per heavy atom. The summed E-state index contributed by atoms with van der Waals surface area (Å²) in [4.78, 5) is -1.41. The molecule has 0 bridgehead atoms. The van der Waals surface area contributed by atoms with Gasteiger partial charge in [0.05, 0.1) is 24.6 Å². The fourth-order valence-electron chi connectivity index (χ4n) is 4.19. The van der Waals surface area contributed by atoms with Crippen molar-refractivity contribution in [3.63, 3.8) is 0 Å². The molecule has 33 heavy (non-hydrogen) atoms. The van der Waals surface area contributed by atoms with Gasteiger partial charge in [0.15, 0.2) is 4.93 Å². The van der Waals surface area contributed by atoms with Gasteiger partial charge in [-0.3, -0.25) is 0 Å². The second kappa shape index (κ2) is 8.83. The maximum atomic E-state index is 12.4. The fourth-order valence-corrected chi connectivity index (χ4v) is 5.74. The largest absolute Gasteiger partial charge is 0.573 e. The zero-order valence-corrected chi connectivity index (χ0v) is 17.9. The van der Waals surface area contributed by atoms with Gasteiger partial charge >= 0.3 is 6.36 Å². The first kappa shape index (κ1) is 23.9. The first-order chi connectivity index (χ1) is 15.6. The van der Waals surface area contributed by atoms with Gasteiger partial charge in [0.25, 0.3) is 0 Å². The molecule has 0 saturated carbocycles. The summed E-state index contributed by atoms with van der Waals surface area (Å²) in [7, 11) is 0. The highest BCUT2D eigenvalue weighted by Gasteiger charge is 2.57. The molecule has 0 amide bonds. The molecule has 2 heterocycles. The van der Waals surface area contributed by atoms with Crippen molar-refractivity contribution < 1.29 is 43.1 Å². The van der Waals surface area contributed by atoms with E-state index >= 15 is 0 Å². The van der Waals surface area contributed by atoms with Gasteiger partial charge in [0, 0.05) is 11.1 Å². The van der Waals surface area contributed by atoms with E-state index in [1.165, 1.54) is 24.3 Å². The van der Waals surface area contributed by atoms with Crippen molar-refractivity contribution in [3.05, 3.63) is 64.2 Å². The molecule has 2 aromatic carbocycles. The molecule has 0 radical (unpaired) electrons. The monoisotopic (exact) mass is 482 g/mol. The second-order valence-corrected chi connectivity index (χ2v) is 9.35. The van der Waals surface area contributed by atoms with E-state index in [1.807, 2.05) is 0 Å². The van der Waals surface area contributed by atoms with Gasteiger partial charge < -0.3 is 29.9 Å². The molecule has 176 valence electrons. The van der Waals surface area contributed by atoms with E-state index < -0.39 is 41.5 Å². The van der Waals surface area contributed by atoms with Crippen LogP contribution in [0, 0.1) is 12.3 Å². The molecular formula is C23H21F3O6S. The van der Waals surface area contributed by atoms with Crippen LogP contribution in [0.15, 0.2) is 36.4 Å². The molecule has 0 aliphatic carbocycles. The number of benzene rings is 2. The Labute approximate surface area is 192 Å². The lowest BCUT2D eigenvalue weighted by atomic mass is 9.89. The fraction of sp³-hybridized carbons (Fsp3) is 0.391. The lowest BCUT2D eigenvalue weighted by Crippen LogP contribution is -2.58. The minimum Gasteiger partial charge on any atom is -0.406 e. The lowest BCUT2D eigenvalue weighted by Gasteiger charge is -2.45. The third-order valence-electron chi connectivity index (χ3n) is 5.80. The Bertz CT molecular complexity index is 1070. The Kier molecular flexibility index (Phi) is 6.39. The normalized spacial score (nSPS) is 29.0. The summed E-state index contributed by atoms with van der Waals surface area (Å²) in [5.41, 5.74) is 3.16. The number of ether oxygens (including phenoxy) is 2. The molecule has 0 unspecified atom stereocenters. The van der Waals surface area contributed by atoms with E-state index in [0.29, 0.717) is 27.8 Å². The van der Waals surface area contributed by atoms with Gasteiger partial charge in [0.1, 0.15) is 18.0 Å². The zero-order chi connectivity index (χ0) is 24.0. The van der Waals surface area contributed by atoms with Crippen LogP contribution in [0.5, 0.6) is 5.75 Å². The zero-order valence-electron chi connectivity index (χ0n) is 17.1. The van der Waals surface area contributed by atoms with Gasteiger partial charge in [-0.1, -0.05) is 18.1 Å². The molecule has 2 aromatic rings. The van der Waals surface area contributed by atoms with Gasteiger partial charge in [-0.05, 0) is 47.4 Å². The Hall–Kier alpha value is -2.26. The molecule has 10 heteroatoms. The van der Waals surface area contributed by atoms with Crippen molar-refractivity contribution >= 4 is 11.8 Å². The Morgan fingerprint density at radius 3 is 2.45 bits per heavy atom. The van der Waals surface area contributed by atoms with E-state index in [0.717, 1.165) is 11.8 Å². The number of hydrogen-bond acceptors (Lipinski definition) is 7. The summed E-state index contributed by atoms with van der Waals surface area (Å²) in [6, 6.07) is 8.88. The average Bonchev–Trinajstić information content (AvgIpc) is 3.12. The van der Waals surface area contributed by atoms with Crippen LogP contribution in [0.25, 0.3) is 0 Å². The third kappa shape index (κ3) is 4.45. The minimum absolute atomic E-state index is 0.110. The lowest BCUT2D eigenvalue weighted by molar-refractivity contribution is -0.274. The molecule has 2 aliphatic heterocycles. The van der Waals surface area contributed by atoms with Crippen LogP contribution in [-0.2, 0) is 22.7 Å². The topological polar surface area (TPSA) is 99.4 Å². The molecule has 1 fully saturated rings. The van der Waals surface area contributed by atoms with E-state index in [-0.39, 0.29) is 18.8 Å². The molecule has 2 aliphatic rings. The second-order valence-electron chi connectivity index (χ2n) is 7.90. The SMILES string of the molecule is C#Cc1cc2c(cc1Cc1ccc(OC(F)(F)F)cc1)[C@]1(OC2)S[C@H](CO)[C@@H](O)[C@H](O)[C@H]1O. The number of aliphatic hydroxyl groups is 4. The van der Waals surface area contributed by atoms with Crippen LogP contribution in [0.2, 0.25) is 0 Å². The molecule has 0 aromatic heterocycles. The highest BCUT2D eigenvalue weighted by atomic mass is 32.2. The van der Waals surface area contributed by atoms with Crippen molar-refractivity contribution in [2.45, 2.75) is 47.9 Å². The quantitative estimate of drug-likeness (QED) is 0.495. The van der Waals surface area contributed by atoms with Crippen molar-refractivity contribution in [3.8, 4) is 18.1 Å². The molecule has 4 rings (SSSR count). The number of aliphatic hydroxyl groups excluding tert-OH is 4. The average molecular weight is 482 g/mol. The summed E-state index contributed by atoms with van der Waals surface area (Å²) in [5.74, 6) is 2.26. The summed E-state index contributed by atoms with van der Waals surface area (Å²) in [6.45, 7) is -0.323. The summed E-state index contributed by atoms with van der Waals surface area (Å²) >= 11 is 1.03. The Morgan fingerprint density at radius 2 is 1.85 bits per heavy atom. The maximum Gasteiger partial charge on any atom is 0.573 e. The number of fused-ring (bicyclic) bond motifs is 2. The number of rotatable bonds is 4. The van der Waals surface area contributed by atoms with Gasteiger partial charge in [-0.25, -0.2) is 0 Å². The van der Waals surface area contributed by atoms with Crippen molar-refractivity contribution in [1.82, 2.24) is 0 Å².